The van der Waals surface area contributed by atoms with E-state index in [4.69, 9.17) is 0 Å². The number of hydrogen-bond acceptors (Lipinski definition) is 2. The van der Waals surface area contributed by atoms with Crippen LogP contribution in [-0.4, -0.2) is 19.0 Å². The molecule has 0 bridgehead atoms. The molecule has 104 valence electrons. The van der Waals surface area contributed by atoms with Crippen molar-refractivity contribution < 1.29 is 9.18 Å². The van der Waals surface area contributed by atoms with E-state index in [2.05, 4.69) is 24.5 Å². The molecule has 1 amide bonds. The second-order valence-corrected chi connectivity index (χ2v) is 6.48. The fraction of sp³-hybridized carbons (Fsp3) is 0.500. The molecule has 2 N–H and O–H groups in total. The zero-order valence-electron chi connectivity index (χ0n) is 11.1. The van der Waals surface area contributed by atoms with E-state index in [0.29, 0.717) is 12.2 Å². The van der Waals surface area contributed by atoms with Crippen molar-refractivity contribution in [3.8, 4) is 0 Å². The molecule has 1 aromatic carbocycles. The van der Waals surface area contributed by atoms with E-state index in [9.17, 15) is 9.18 Å². The highest BCUT2D eigenvalue weighted by Crippen LogP contribution is 2.35. The molecule has 1 saturated heterocycles. The number of anilines is 1. The maximum Gasteiger partial charge on any atom is 0.232 e. The summed E-state index contributed by atoms with van der Waals surface area (Å²) in [5.74, 6) is 0.00105. The SMILES string of the molecule is CC(C)C1(C(=O)Nc2ccc(F)cc2I)CCNC1. The van der Waals surface area contributed by atoms with E-state index in [0.717, 1.165) is 16.5 Å². The van der Waals surface area contributed by atoms with E-state index in [-0.39, 0.29) is 23.1 Å². The summed E-state index contributed by atoms with van der Waals surface area (Å²) in [6.45, 7) is 5.71. The molecule has 5 heteroatoms. The molecule has 1 aliphatic heterocycles. The Balaban J connectivity index is 2.20. The third-order valence-corrected chi connectivity index (χ3v) is 4.82. The first kappa shape index (κ1) is 14.7. The average molecular weight is 376 g/mol. The van der Waals surface area contributed by atoms with Gasteiger partial charge < -0.3 is 10.6 Å². The van der Waals surface area contributed by atoms with Crippen molar-refractivity contribution in [2.75, 3.05) is 18.4 Å². The van der Waals surface area contributed by atoms with Crippen LogP contribution in [0.15, 0.2) is 18.2 Å². The van der Waals surface area contributed by atoms with Gasteiger partial charge in [-0.1, -0.05) is 13.8 Å². The van der Waals surface area contributed by atoms with Gasteiger partial charge in [0, 0.05) is 10.1 Å². The predicted octanol–water partition coefficient (Wildman–Crippen LogP) is 3.00. The summed E-state index contributed by atoms with van der Waals surface area (Å²) >= 11 is 2.03. The van der Waals surface area contributed by atoms with Crippen molar-refractivity contribution in [1.82, 2.24) is 5.32 Å². The third kappa shape index (κ3) is 2.91. The monoisotopic (exact) mass is 376 g/mol. The first-order chi connectivity index (χ1) is 8.95. The molecule has 0 saturated carbocycles. The highest BCUT2D eigenvalue weighted by atomic mass is 127. The van der Waals surface area contributed by atoms with E-state index < -0.39 is 0 Å². The molecule has 0 aliphatic carbocycles. The first-order valence-corrected chi connectivity index (χ1v) is 7.51. The van der Waals surface area contributed by atoms with Crippen molar-refractivity contribution in [2.45, 2.75) is 20.3 Å². The van der Waals surface area contributed by atoms with Crippen LogP contribution < -0.4 is 10.6 Å². The van der Waals surface area contributed by atoms with Gasteiger partial charge in [-0.3, -0.25) is 4.79 Å². The minimum absolute atomic E-state index is 0.0250. The lowest BCUT2D eigenvalue weighted by molar-refractivity contribution is -0.126. The van der Waals surface area contributed by atoms with E-state index in [1.54, 1.807) is 6.07 Å². The van der Waals surface area contributed by atoms with E-state index in [1.165, 1.54) is 12.1 Å². The second-order valence-electron chi connectivity index (χ2n) is 5.32. The Kier molecular flexibility index (Phi) is 4.45. The second kappa shape index (κ2) is 5.75. The molecule has 1 unspecified atom stereocenters. The van der Waals surface area contributed by atoms with E-state index >= 15 is 0 Å². The molecule has 0 spiro atoms. The highest BCUT2D eigenvalue weighted by Gasteiger charge is 2.43. The van der Waals surface area contributed by atoms with Crippen molar-refractivity contribution in [3.05, 3.63) is 27.6 Å². The van der Waals surface area contributed by atoms with Gasteiger partial charge in [0.2, 0.25) is 5.91 Å². The van der Waals surface area contributed by atoms with Crippen LogP contribution in [0.3, 0.4) is 0 Å². The molecule has 1 aromatic rings. The van der Waals surface area contributed by atoms with Gasteiger partial charge in [0.05, 0.1) is 11.1 Å². The molecular formula is C14H18FIN2O. The van der Waals surface area contributed by atoms with Gasteiger partial charge in [0.15, 0.2) is 0 Å². The number of carbonyl (C=O) groups is 1. The number of halogens is 2. The topological polar surface area (TPSA) is 41.1 Å². The molecule has 1 fully saturated rings. The van der Waals surface area contributed by atoms with Gasteiger partial charge in [0.1, 0.15) is 5.82 Å². The molecule has 1 aliphatic rings. The van der Waals surface area contributed by atoms with Crippen molar-refractivity contribution >= 4 is 34.2 Å². The van der Waals surface area contributed by atoms with E-state index in [1.807, 2.05) is 22.6 Å². The molecule has 2 rings (SSSR count). The van der Waals surface area contributed by atoms with Crippen LogP contribution in [0.4, 0.5) is 10.1 Å². The smallest absolute Gasteiger partial charge is 0.232 e. The van der Waals surface area contributed by atoms with Gasteiger partial charge in [0.25, 0.3) is 0 Å². The van der Waals surface area contributed by atoms with Crippen LogP contribution in [0.1, 0.15) is 20.3 Å². The minimum Gasteiger partial charge on any atom is -0.325 e. The Bertz CT molecular complexity index is 484. The molecule has 19 heavy (non-hydrogen) atoms. The lowest BCUT2D eigenvalue weighted by Gasteiger charge is -2.31. The van der Waals surface area contributed by atoms with Gasteiger partial charge in [-0.15, -0.1) is 0 Å². The third-order valence-electron chi connectivity index (χ3n) is 3.93. The fourth-order valence-electron chi connectivity index (χ4n) is 2.50. The summed E-state index contributed by atoms with van der Waals surface area (Å²) < 4.78 is 13.8. The summed E-state index contributed by atoms with van der Waals surface area (Å²) in [7, 11) is 0. The van der Waals surface area contributed by atoms with Crippen molar-refractivity contribution in [2.24, 2.45) is 11.3 Å². The van der Waals surface area contributed by atoms with Crippen LogP contribution in [0.25, 0.3) is 0 Å². The lowest BCUT2D eigenvalue weighted by Crippen LogP contribution is -2.42. The molecular weight excluding hydrogens is 358 g/mol. The van der Waals surface area contributed by atoms with Crippen molar-refractivity contribution in [1.29, 1.82) is 0 Å². The number of amides is 1. The van der Waals surface area contributed by atoms with Crippen LogP contribution in [-0.2, 0) is 4.79 Å². The quantitative estimate of drug-likeness (QED) is 0.797. The number of hydrogen-bond donors (Lipinski definition) is 2. The number of carbonyl (C=O) groups excluding carboxylic acids is 1. The van der Waals surface area contributed by atoms with Crippen molar-refractivity contribution in [3.63, 3.8) is 0 Å². The fourth-order valence-corrected chi connectivity index (χ4v) is 3.11. The number of rotatable bonds is 3. The summed E-state index contributed by atoms with van der Waals surface area (Å²) in [4.78, 5) is 12.6. The lowest BCUT2D eigenvalue weighted by atomic mass is 9.75. The van der Waals surface area contributed by atoms with Gasteiger partial charge in [-0.2, -0.15) is 0 Å². The minimum atomic E-state index is -0.364. The maximum absolute atomic E-state index is 13.1. The van der Waals surface area contributed by atoms with Crippen LogP contribution in [0.2, 0.25) is 0 Å². The van der Waals surface area contributed by atoms with Crippen LogP contribution in [0, 0.1) is 20.7 Å². The summed E-state index contributed by atoms with van der Waals surface area (Å²) in [6.07, 6.45) is 0.842. The Morgan fingerprint density at radius 3 is 2.79 bits per heavy atom. The van der Waals surface area contributed by atoms with Crippen LogP contribution in [0.5, 0.6) is 0 Å². The normalized spacial score (nSPS) is 22.8. The summed E-state index contributed by atoms with van der Waals surface area (Å²) in [6, 6.07) is 4.41. The average Bonchev–Trinajstić information content (AvgIpc) is 2.83. The van der Waals surface area contributed by atoms with Gasteiger partial charge in [-0.05, 0) is 59.7 Å². The highest BCUT2D eigenvalue weighted by molar-refractivity contribution is 14.1. The molecule has 1 heterocycles. The molecule has 0 aromatic heterocycles. The Morgan fingerprint density at radius 1 is 1.53 bits per heavy atom. The maximum atomic E-state index is 13.1. The molecule has 1 atom stereocenters. The summed E-state index contributed by atoms with van der Waals surface area (Å²) in [5, 5.41) is 6.21. The Labute approximate surface area is 126 Å². The summed E-state index contributed by atoms with van der Waals surface area (Å²) in [5.41, 5.74) is 0.316. The Morgan fingerprint density at radius 2 is 2.26 bits per heavy atom. The molecule has 3 nitrogen and oxygen atoms in total. The first-order valence-electron chi connectivity index (χ1n) is 6.43. The Hall–Kier alpha value is -0.690. The number of nitrogens with one attached hydrogen (secondary N) is 2. The van der Waals surface area contributed by atoms with Gasteiger partial charge >= 0.3 is 0 Å². The van der Waals surface area contributed by atoms with Crippen LogP contribution >= 0.6 is 22.6 Å². The number of benzene rings is 1. The predicted molar refractivity (Wildman–Crippen MR) is 82.5 cm³/mol. The standard InChI is InChI=1S/C14H18FIN2O/c1-9(2)14(5-6-17-8-14)13(19)18-12-4-3-10(15)7-11(12)16/h3-4,7,9,17H,5-6,8H2,1-2H3,(H,18,19). The largest absolute Gasteiger partial charge is 0.325 e. The van der Waals surface area contributed by atoms with Gasteiger partial charge in [-0.25, -0.2) is 4.39 Å². The zero-order valence-corrected chi connectivity index (χ0v) is 13.3. The molecule has 0 radical (unpaired) electrons. The zero-order chi connectivity index (χ0) is 14.0.